The van der Waals surface area contributed by atoms with Crippen LogP contribution in [0.25, 0.3) is 22.5 Å². The molecule has 0 spiro atoms. The van der Waals surface area contributed by atoms with Gasteiger partial charge in [0.25, 0.3) is 0 Å². The average Bonchev–Trinajstić information content (AvgIpc) is 3.28. The molecule has 0 radical (unpaired) electrons. The number of rotatable bonds is 7. The number of nitrogens with zero attached hydrogens (tertiary/aromatic N) is 1. The van der Waals surface area contributed by atoms with Crippen LogP contribution in [-0.4, -0.2) is 24.4 Å². The van der Waals surface area contributed by atoms with Crippen molar-refractivity contribution < 1.29 is 14.2 Å². The van der Waals surface area contributed by atoms with Gasteiger partial charge in [0.15, 0.2) is 0 Å². The molecule has 1 aromatic heterocycles. The van der Waals surface area contributed by atoms with E-state index in [2.05, 4.69) is 10.2 Å². The fraction of sp³-hybridized carbons (Fsp3) is 0.125. The van der Waals surface area contributed by atoms with Crippen molar-refractivity contribution in [2.45, 2.75) is 6.61 Å². The van der Waals surface area contributed by atoms with Crippen molar-refractivity contribution in [1.29, 1.82) is 0 Å². The summed E-state index contributed by atoms with van der Waals surface area (Å²) in [5.74, 6) is 2.29. The van der Waals surface area contributed by atoms with Crippen LogP contribution in [0.15, 0.2) is 78.9 Å². The van der Waals surface area contributed by atoms with Gasteiger partial charge in [-0.2, -0.15) is 5.10 Å². The Bertz CT molecular complexity index is 1070. The topological polar surface area (TPSA) is 56.4 Å². The first kappa shape index (κ1) is 18.6. The summed E-state index contributed by atoms with van der Waals surface area (Å²) in [6.45, 7) is 0.467. The molecule has 0 unspecified atom stereocenters. The minimum absolute atomic E-state index is 0.467. The third kappa shape index (κ3) is 4.24. The Morgan fingerprint density at radius 3 is 2.28 bits per heavy atom. The lowest BCUT2D eigenvalue weighted by Gasteiger charge is -2.11. The number of hydrogen-bond acceptors (Lipinski definition) is 4. The lowest BCUT2D eigenvalue weighted by atomic mass is 10.1. The Kier molecular flexibility index (Phi) is 5.47. The zero-order valence-electron chi connectivity index (χ0n) is 16.4. The molecule has 0 fully saturated rings. The number of hydrogen-bond donors (Lipinski definition) is 1. The Labute approximate surface area is 169 Å². The van der Waals surface area contributed by atoms with Crippen LogP contribution >= 0.6 is 0 Å². The number of nitrogens with one attached hydrogen (secondary N) is 1. The SMILES string of the molecule is COc1ccc(COc2ccc(-c3cc(-c4ccccc4)n[nH]3)c(OC)c2)cc1. The van der Waals surface area contributed by atoms with Crippen molar-refractivity contribution in [1.82, 2.24) is 10.2 Å². The molecular weight excluding hydrogens is 364 g/mol. The van der Waals surface area contributed by atoms with E-state index in [-0.39, 0.29) is 0 Å². The molecule has 1 heterocycles. The Hall–Kier alpha value is -3.73. The van der Waals surface area contributed by atoms with E-state index in [9.17, 15) is 0 Å². The Morgan fingerprint density at radius 1 is 0.793 bits per heavy atom. The second-order valence-electron chi connectivity index (χ2n) is 6.53. The van der Waals surface area contributed by atoms with E-state index in [0.29, 0.717) is 6.61 Å². The van der Waals surface area contributed by atoms with Crippen LogP contribution in [0.1, 0.15) is 5.56 Å². The van der Waals surface area contributed by atoms with Crippen molar-refractivity contribution >= 4 is 0 Å². The average molecular weight is 386 g/mol. The zero-order valence-corrected chi connectivity index (χ0v) is 16.4. The molecule has 5 heteroatoms. The van der Waals surface area contributed by atoms with Crippen molar-refractivity contribution in [2.24, 2.45) is 0 Å². The molecule has 0 aliphatic rings. The minimum Gasteiger partial charge on any atom is -0.497 e. The Balaban J connectivity index is 1.51. The summed E-state index contributed by atoms with van der Waals surface area (Å²) in [5, 5.41) is 7.53. The van der Waals surface area contributed by atoms with Gasteiger partial charge < -0.3 is 14.2 Å². The molecule has 3 aromatic carbocycles. The van der Waals surface area contributed by atoms with Gasteiger partial charge in [-0.25, -0.2) is 0 Å². The number of methoxy groups -OCH3 is 2. The van der Waals surface area contributed by atoms with Crippen molar-refractivity contribution in [3.63, 3.8) is 0 Å². The van der Waals surface area contributed by atoms with E-state index in [4.69, 9.17) is 14.2 Å². The van der Waals surface area contributed by atoms with Crippen molar-refractivity contribution in [3.05, 3.63) is 84.4 Å². The molecule has 0 amide bonds. The molecule has 0 saturated heterocycles. The van der Waals surface area contributed by atoms with Gasteiger partial charge in [-0.3, -0.25) is 5.10 Å². The first-order valence-electron chi connectivity index (χ1n) is 9.32. The summed E-state index contributed by atoms with van der Waals surface area (Å²) in [6, 6.07) is 25.7. The molecule has 0 aliphatic carbocycles. The third-order valence-corrected chi connectivity index (χ3v) is 4.68. The van der Waals surface area contributed by atoms with Crippen LogP contribution in [0, 0.1) is 0 Å². The maximum Gasteiger partial charge on any atom is 0.131 e. The number of ether oxygens (including phenoxy) is 3. The maximum absolute atomic E-state index is 5.93. The molecule has 0 bridgehead atoms. The Morgan fingerprint density at radius 2 is 1.55 bits per heavy atom. The molecular formula is C24H22N2O3. The summed E-state index contributed by atoms with van der Waals surface area (Å²) >= 11 is 0. The first-order valence-corrected chi connectivity index (χ1v) is 9.32. The van der Waals surface area contributed by atoms with Gasteiger partial charge in [-0.15, -0.1) is 0 Å². The smallest absolute Gasteiger partial charge is 0.131 e. The number of H-pyrrole nitrogens is 1. The lowest BCUT2D eigenvalue weighted by Crippen LogP contribution is -1.97. The fourth-order valence-corrected chi connectivity index (χ4v) is 3.09. The molecule has 29 heavy (non-hydrogen) atoms. The van der Waals surface area contributed by atoms with E-state index < -0.39 is 0 Å². The van der Waals surface area contributed by atoms with Crippen LogP contribution < -0.4 is 14.2 Å². The zero-order chi connectivity index (χ0) is 20.1. The standard InChI is InChI=1S/C24H22N2O3/c1-27-19-10-8-17(9-11-19)16-29-20-12-13-21(24(14-20)28-2)23-15-22(25-26-23)18-6-4-3-5-7-18/h3-15H,16H2,1-2H3,(H,25,26). The number of aromatic nitrogens is 2. The van der Waals surface area contributed by atoms with Crippen LogP contribution in [0.3, 0.4) is 0 Å². The highest BCUT2D eigenvalue weighted by Gasteiger charge is 2.12. The molecule has 146 valence electrons. The molecule has 0 aliphatic heterocycles. The lowest BCUT2D eigenvalue weighted by molar-refractivity contribution is 0.303. The predicted octanol–water partition coefficient (Wildman–Crippen LogP) is 5.34. The second-order valence-corrected chi connectivity index (χ2v) is 6.53. The van der Waals surface area contributed by atoms with Crippen LogP contribution in [0.2, 0.25) is 0 Å². The van der Waals surface area contributed by atoms with E-state index in [1.807, 2.05) is 78.9 Å². The number of benzene rings is 3. The first-order chi connectivity index (χ1) is 14.3. The van der Waals surface area contributed by atoms with Crippen molar-refractivity contribution in [3.8, 4) is 39.8 Å². The molecule has 4 aromatic rings. The minimum atomic E-state index is 0.467. The van der Waals surface area contributed by atoms with Gasteiger partial charge in [0, 0.05) is 17.2 Å². The highest BCUT2D eigenvalue weighted by molar-refractivity contribution is 5.73. The van der Waals surface area contributed by atoms with Gasteiger partial charge >= 0.3 is 0 Å². The molecule has 5 nitrogen and oxygen atoms in total. The van der Waals surface area contributed by atoms with E-state index in [1.54, 1.807) is 14.2 Å². The van der Waals surface area contributed by atoms with E-state index in [1.165, 1.54) is 0 Å². The second kappa shape index (κ2) is 8.52. The summed E-state index contributed by atoms with van der Waals surface area (Å²) in [7, 11) is 3.31. The maximum atomic E-state index is 5.93. The quantitative estimate of drug-likeness (QED) is 0.466. The van der Waals surface area contributed by atoms with E-state index in [0.717, 1.165) is 45.3 Å². The summed E-state index contributed by atoms with van der Waals surface area (Å²) in [5.41, 5.74) is 4.84. The normalized spacial score (nSPS) is 10.6. The van der Waals surface area contributed by atoms with Gasteiger partial charge in [0.2, 0.25) is 0 Å². The van der Waals surface area contributed by atoms with Crippen LogP contribution in [0.4, 0.5) is 0 Å². The third-order valence-electron chi connectivity index (χ3n) is 4.68. The molecule has 4 rings (SSSR count). The van der Waals surface area contributed by atoms with Crippen LogP contribution in [-0.2, 0) is 6.61 Å². The highest BCUT2D eigenvalue weighted by atomic mass is 16.5. The largest absolute Gasteiger partial charge is 0.497 e. The highest BCUT2D eigenvalue weighted by Crippen LogP contribution is 2.34. The predicted molar refractivity (Wildman–Crippen MR) is 113 cm³/mol. The van der Waals surface area contributed by atoms with Gasteiger partial charge in [-0.1, -0.05) is 42.5 Å². The summed E-state index contributed by atoms with van der Waals surface area (Å²) in [6.07, 6.45) is 0. The molecule has 1 N–H and O–H groups in total. The summed E-state index contributed by atoms with van der Waals surface area (Å²) in [4.78, 5) is 0. The van der Waals surface area contributed by atoms with Gasteiger partial charge in [0.1, 0.15) is 23.9 Å². The monoisotopic (exact) mass is 386 g/mol. The van der Waals surface area contributed by atoms with Gasteiger partial charge in [0.05, 0.1) is 25.6 Å². The molecule has 0 atom stereocenters. The van der Waals surface area contributed by atoms with E-state index >= 15 is 0 Å². The fourth-order valence-electron chi connectivity index (χ4n) is 3.09. The van der Waals surface area contributed by atoms with Crippen LogP contribution in [0.5, 0.6) is 17.2 Å². The van der Waals surface area contributed by atoms with Crippen molar-refractivity contribution in [2.75, 3.05) is 14.2 Å². The van der Waals surface area contributed by atoms with Gasteiger partial charge in [-0.05, 0) is 35.9 Å². The number of aromatic amines is 1. The summed E-state index contributed by atoms with van der Waals surface area (Å²) < 4.78 is 16.7. The molecule has 0 saturated carbocycles.